The molecule has 3 aromatic carbocycles. The number of aromatic nitrogens is 2. The third-order valence-electron chi connectivity index (χ3n) is 4.50. The Bertz CT molecular complexity index is 1100. The first-order valence-electron chi connectivity index (χ1n) is 8.66. The number of hydrogen-bond acceptors (Lipinski definition) is 3. The number of fused-ring (bicyclic) bond motifs is 1. The van der Waals surface area contributed by atoms with Crippen molar-refractivity contribution in [2.75, 3.05) is 12.4 Å². The normalized spacial score (nSPS) is 10.7. The zero-order valence-electron chi connectivity index (χ0n) is 15.1. The van der Waals surface area contributed by atoms with Crippen molar-refractivity contribution in [1.82, 2.24) is 9.97 Å². The minimum atomic E-state index is -0.211. The molecule has 4 aromatic rings. The van der Waals surface area contributed by atoms with Crippen molar-refractivity contribution in [1.29, 1.82) is 0 Å². The molecule has 0 atom stereocenters. The number of nitrogens with one attached hydrogen (secondary N) is 2. The molecule has 0 spiro atoms. The average molecular weight is 357 g/mol. The van der Waals surface area contributed by atoms with E-state index >= 15 is 0 Å². The monoisotopic (exact) mass is 357 g/mol. The van der Waals surface area contributed by atoms with Crippen LogP contribution in [0.15, 0.2) is 66.7 Å². The number of aryl methyl sites for hydroxylation is 1. The first-order valence-corrected chi connectivity index (χ1v) is 8.66. The van der Waals surface area contributed by atoms with Crippen LogP contribution in [-0.2, 0) is 0 Å². The smallest absolute Gasteiger partial charge is 0.259 e. The van der Waals surface area contributed by atoms with Gasteiger partial charge in [-0.05, 0) is 42.8 Å². The summed E-state index contributed by atoms with van der Waals surface area (Å²) in [6.07, 6.45) is 0. The number of H-pyrrole nitrogens is 1. The van der Waals surface area contributed by atoms with Crippen LogP contribution < -0.4 is 10.1 Å². The number of imidazole rings is 1. The summed E-state index contributed by atoms with van der Waals surface area (Å²) in [5.74, 6) is 1.10. The molecule has 0 aliphatic rings. The van der Waals surface area contributed by atoms with E-state index in [1.807, 2.05) is 61.5 Å². The molecule has 1 amide bonds. The van der Waals surface area contributed by atoms with E-state index < -0.39 is 0 Å². The third-order valence-corrected chi connectivity index (χ3v) is 4.50. The van der Waals surface area contributed by atoms with Crippen LogP contribution in [0.1, 0.15) is 15.9 Å². The van der Waals surface area contributed by atoms with Crippen LogP contribution in [0.2, 0.25) is 0 Å². The fraction of sp³-hybridized carbons (Fsp3) is 0.0909. The molecule has 1 aromatic heterocycles. The van der Waals surface area contributed by atoms with Crippen molar-refractivity contribution in [2.45, 2.75) is 6.92 Å². The van der Waals surface area contributed by atoms with E-state index in [1.54, 1.807) is 19.2 Å². The van der Waals surface area contributed by atoms with Crippen molar-refractivity contribution in [3.8, 4) is 17.1 Å². The van der Waals surface area contributed by atoms with Crippen LogP contribution in [0.4, 0.5) is 5.69 Å². The van der Waals surface area contributed by atoms with Gasteiger partial charge in [0.25, 0.3) is 5.91 Å². The van der Waals surface area contributed by atoms with Crippen molar-refractivity contribution < 1.29 is 9.53 Å². The fourth-order valence-electron chi connectivity index (χ4n) is 3.02. The van der Waals surface area contributed by atoms with Gasteiger partial charge in [-0.25, -0.2) is 4.98 Å². The summed E-state index contributed by atoms with van der Waals surface area (Å²) in [5, 5.41) is 2.98. The number of para-hydroxylation sites is 3. The lowest BCUT2D eigenvalue weighted by molar-refractivity contribution is 0.102. The first-order chi connectivity index (χ1) is 13.2. The molecule has 0 aliphatic heterocycles. The third kappa shape index (κ3) is 3.27. The molecule has 27 heavy (non-hydrogen) atoms. The highest BCUT2D eigenvalue weighted by Crippen LogP contribution is 2.27. The van der Waals surface area contributed by atoms with E-state index in [2.05, 4.69) is 15.3 Å². The van der Waals surface area contributed by atoms with Crippen LogP contribution in [0.5, 0.6) is 5.75 Å². The maximum absolute atomic E-state index is 12.7. The molecule has 5 heteroatoms. The first kappa shape index (κ1) is 16.8. The molecule has 134 valence electrons. The van der Waals surface area contributed by atoms with Gasteiger partial charge in [-0.3, -0.25) is 4.79 Å². The molecule has 0 unspecified atom stereocenters. The summed E-state index contributed by atoms with van der Waals surface area (Å²) in [4.78, 5) is 20.7. The van der Waals surface area contributed by atoms with Crippen molar-refractivity contribution >= 4 is 22.6 Å². The van der Waals surface area contributed by atoms with Gasteiger partial charge >= 0.3 is 0 Å². The number of benzene rings is 3. The van der Waals surface area contributed by atoms with Crippen LogP contribution in [0.3, 0.4) is 0 Å². The number of rotatable bonds is 4. The summed E-state index contributed by atoms with van der Waals surface area (Å²) in [6, 6.07) is 20.9. The number of carbonyl (C=O) groups excluding carboxylic acids is 1. The summed E-state index contributed by atoms with van der Waals surface area (Å²) < 4.78 is 5.29. The van der Waals surface area contributed by atoms with E-state index in [4.69, 9.17) is 4.74 Å². The molecule has 2 N–H and O–H groups in total. The maximum Gasteiger partial charge on any atom is 0.259 e. The second-order valence-electron chi connectivity index (χ2n) is 6.29. The molecule has 4 rings (SSSR count). The molecule has 0 aliphatic carbocycles. The van der Waals surface area contributed by atoms with Gasteiger partial charge in [0.2, 0.25) is 0 Å². The second-order valence-corrected chi connectivity index (χ2v) is 6.29. The molecule has 5 nitrogen and oxygen atoms in total. The lowest BCUT2D eigenvalue weighted by atomic mass is 10.1. The lowest BCUT2D eigenvalue weighted by Crippen LogP contribution is -2.14. The van der Waals surface area contributed by atoms with Crippen molar-refractivity contribution in [2.24, 2.45) is 0 Å². The number of nitrogens with zero attached hydrogens (tertiary/aromatic N) is 1. The number of anilines is 1. The Kier molecular flexibility index (Phi) is 4.34. The van der Waals surface area contributed by atoms with Gasteiger partial charge in [0.1, 0.15) is 11.6 Å². The SMILES string of the molecule is COc1ccccc1C(=O)Nc1cc(-c2nc3ccccc3[nH]2)ccc1C. The van der Waals surface area contributed by atoms with Gasteiger partial charge < -0.3 is 15.0 Å². The van der Waals surface area contributed by atoms with E-state index in [-0.39, 0.29) is 5.91 Å². The Morgan fingerprint density at radius 1 is 1.04 bits per heavy atom. The molecule has 0 radical (unpaired) electrons. The summed E-state index contributed by atoms with van der Waals surface area (Å²) in [7, 11) is 1.56. The fourth-order valence-corrected chi connectivity index (χ4v) is 3.02. The summed E-state index contributed by atoms with van der Waals surface area (Å²) >= 11 is 0. The number of amides is 1. The van der Waals surface area contributed by atoms with Crippen LogP contribution in [0.25, 0.3) is 22.4 Å². The van der Waals surface area contributed by atoms with Crippen molar-refractivity contribution in [3.63, 3.8) is 0 Å². The Labute approximate surface area is 157 Å². The number of aromatic amines is 1. The zero-order chi connectivity index (χ0) is 18.8. The number of methoxy groups -OCH3 is 1. The predicted octanol–water partition coefficient (Wildman–Crippen LogP) is 4.80. The number of ether oxygens (including phenoxy) is 1. The lowest BCUT2D eigenvalue weighted by Gasteiger charge is -2.12. The van der Waals surface area contributed by atoms with Crippen LogP contribution in [0, 0.1) is 6.92 Å². The van der Waals surface area contributed by atoms with Gasteiger partial charge in [-0.15, -0.1) is 0 Å². The Balaban J connectivity index is 1.67. The van der Waals surface area contributed by atoms with Gasteiger partial charge in [-0.1, -0.05) is 36.4 Å². The van der Waals surface area contributed by atoms with Gasteiger partial charge in [0.05, 0.1) is 23.7 Å². The predicted molar refractivity (Wildman–Crippen MR) is 107 cm³/mol. The molecule has 0 bridgehead atoms. The largest absolute Gasteiger partial charge is 0.496 e. The zero-order valence-corrected chi connectivity index (χ0v) is 15.1. The quantitative estimate of drug-likeness (QED) is 0.551. The van der Waals surface area contributed by atoms with Gasteiger partial charge in [-0.2, -0.15) is 0 Å². The Morgan fingerprint density at radius 3 is 2.63 bits per heavy atom. The van der Waals surface area contributed by atoms with Crippen LogP contribution in [-0.4, -0.2) is 23.0 Å². The second kappa shape index (κ2) is 6.96. The Hall–Kier alpha value is -3.60. The van der Waals surface area contributed by atoms with E-state index in [9.17, 15) is 4.79 Å². The molecule has 0 fully saturated rings. The van der Waals surface area contributed by atoms with Gasteiger partial charge in [0.15, 0.2) is 0 Å². The summed E-state index contributed by atoms with van der Waals surface area (Å²) in [5.41, 5.74) is 5.00. The molecule has 0 saturated heterocycles. The van der Waals surface area contributed by atoms with Crippen LogP contribution >= 0.6 is 0 Å². The average Bonchev–Trinajstić information content (AvgIpc) is 3.13. The number of carbonyl (C=O) groups is 1. The minimum Gasteiger partial charge on any atom is -0.496 e. The molecule has 1 heterocycles. The highest BCUT2D eigenvalue weighted by molar-refractivity contribution is 6.06. The van der Waals surface area contributed by atoms with Gasteiger partial charge in [0, 0.05) is 11.3 Å². The van der Waals surface area contributed by atoms with Crippen molar-refractivity contribution in [3.05, 3.63) is 77.9 Å². The van der Waals surface area contributed by atoms with E-state index in [0.717, 1.165) is 33.7 Å². The topological polar surface area (TPSA) is 67.0 Å². The van der Waals surface area contributed by atoms with E-state index in [1.165, 1.54) is 0 Å². The highest BCUT2D eigenvalue weighted by Gasteiger charge is 2.14. The van der Waals surface area contributed by atoms with E-state index in [0.29, 0.717) is 11.3 Å². The number of hydrogen-bond donors (Lipinski definition) is 2. The molecular weight excluding hydrogens is 338 g/mol. The molecular formula is C22H19N3O2. The highest BCUT2D eigenvalue weighted by atomic mass is 16.5. The summed E-state index contributed by atoms with van der Waals surface area (Å²) in [6.45, 7) is 1.96. The standard InChI is InChI=1S/C22H19N3O2/c1-14-11-12-15(21-23-17-8-4-5-9-18(17)24-21)13-19(14)25-22(26)16-7-3-6-10-20(16)27-2/h3-13H,1-2H3,(H,23,24)(H,25,26). The molecule has 0 saturated carbocycles. The maximum atomic E-state index is 12.7. The minimum absolute atomic E-state index is 0.211. The Morgan fingerprint density at radius 2 is 1.81 bits per heavy atom.